The number of benzene rings is 1. The molecule has 1 aliphatic carbocycles. The zero-order valence-corrected chi connectivity index (χ0v) is 10.0. The first-order valence-corrected chi connectivity index (χ1v) is 5.97. The van der Waals surface area contributed by atoms with E-state index in [9.17, 15) is 9.90 Å². The zero-order chi connectivity index (χ0) is 13.5. The molecule has 0 aliphatic heterocycles. The minimum absolute atomic E-state index is 0.358. The number of aliphatic carboxylic acids is 1. The number of rotatable bonds is 2. The molecular weight excluding hydrogens is 245 g/mol. The molecule has 1 aliphatic rings. The third kappa shape index (κ3) is 1.68. The molecule has 0 spiro atoms. The summed E-state index contributed by atoms with van der Waals surface area (Å²) in [6, 6.07) is 7.27. The number of nitrogens with one attached hydrogen (secondary N) is 1. The van der Waals surface area contributed by atoms with Crippen LogP contribution in [-0.2, 0) is 10.5 Å². The highest BCUT2D eigenvalue weighted by atomic mass is 19.1. The maximum absolute atomic E-state index is 15.2. The summed E-state index contributed by atoms with van der Waals surface area (Å²) < 4.78 is 15.2. The molecule has 2 atom stereocenters. The Kier molecular flexibility index (Phi) is 2.52. The SMILES string of the molecule is O=C(O)C1C=CC=CC1(F)c1c[nH]c2ccccc12. The van der Waals surface area contributed by atoms with E-state index in [1.165, 1.54) is 12.2 Å². The lowest BCUT2D eigenvalue weighted by Gasteiger charge is -2.28. The van der Waals surface area contributed by atoms with Crippen LogP contribution in [0.4, 0.5) is 4.39 Å². The Morgan fingerprint density at radius 2 is 2.11 bits per heavy atom. The van der Waals surface area contributed by atoms with E-state index in [1.807, 2.05) is 12.1 Å². The second-order valence-electron chi connectivity index (χ2n) is 4.58. The van der Waals surface area contributed by atoms with Gasteiger partial charge in [-0.15, -0.1) is 0 Å². The number of halogens is 1. The summed E-state index contributed by atoms with van der Waals surface area (Å²) in [5, 5.41) is 9.91. The van der Waals surface area contributed by atoms with Gasteiger partial charge in [0.15, 0.2) is 5.67 Å². The lowest BCUT2D eigenvalue weighted by atomic mass is 9.80. The number of para-hydroxylation sites is 1. The summed E-state index contributed by atoms with van der Waals surface area (Å²) in [4.78, 5) is 14.2. The maximum Gasteiger partial charge on any atom is 0.314 e. The van der Waals surface area contributed by atoms with Gasteiger partial charge in [0, 0.05) is 22.7 Å². The Balaban J connectivity index is 2.21. The number of allylic oxidation sites excluding steroid dienone is 3. The molecule has 19 heavy (non-hydrogen) atoms. The number of H-pyrrole nitrogens is 1. The summed E-state index contributed by atoms with van der Waals surface area (Å²) in [5.41, 5.74) is -0.877. The minimum Gasteiger partial charge on any atom is -0.481 e. The second kappa shape index (κ2) is 4.09. The normalized spacial score (nSPS) is 25.8. The number of hydrogen-bond donors (Lipinski definition) is 2. The van der Waals surface area contributed by atoms with Crippen LogP contribution in [0.5, 0.6) is 0 Å². The molecule has 2 unspecified atom stereocenters. The Morgan fingerprint density at radius 1 is 1.32 bits per heavy atom. The Labute approximate surface area is 109 Å². The largest absolute Gasteiger partial charge is 0.481 e. The summed E-state index contributed by atoms with van der Waals surface area (Å²) in [6.07, 6.45) is 7.34. The predicted molar refractivity (Wildman–Crippen MR) is 70.5 cm³/mol. The second-order valence-corrected chi connectivity index (χ2v) is 4.58. The third-order valence-electron chi connectivity index (χ3n) is 3.47. The van der Waals surface area contributed by atoms with E-state index in [0.717, 1.165) is 5.52 Å². The van der Waals surface area contributed by atoms with Crippen LogP contribution in [0.2, 0.25) is 0 Å². The summed E-state index contributed by atoms with van der Waals surface area (Å²) in [5.74, 6) is -2.38. The molecule has 96 valence electrons. The molecule has 0 fully saturated rings. The van der Waals surface area contributed by atoms with Crippen LogP contribution < -0.4 is 0 Å². The molecule has 0 amide bonds. The van der Waals surface area contributed by atoms with Gasteiger partial charge in [-0.05, 0) is 12.1 Å². The van der Waals surface area contributed by atoms with Crippen LogP contribution in [0, 0.1) is 5.92 Å². The molecule has 0 bridgehead atoms. The maximum atomic E-state index is 15.2. The van der Waals surface area contributed by atoms with E-state index in [0.29, 0.717) is 10.9 Å². The van der Waals surface area contributed by atoms with Crippen LogP contribution in [0.3, 0.4) is 0 Å². The van der Waals surface area contributed by atoms with E-state index in [4.69, 9.17) is 0 Å². The van der Waals surface area contributed by atoms with E-state index >= 15 is 4.39 Å². The number of carboxylic acid groups (broad SMARTS) is 1. The molecule has 3 nitrogen and oxygen atoms in total. The van der Waals surface area contributed by atoms with Crippen molar-refractivity contribution in [1.82, 2.24) is 4.98 Å². The fourth-order valence-corrected chi connectivity index (χ4v) is 2.52. The van der Waals surface area contributed by atoms with Gasteiger partial charge >= 0.3 is 5.97 Å². The molecule has 1 aromatic carbocycles. The van der Waals surface area contributed by atoms with Crippen molar-refractivity contribution in [3.05, 3.63) is 60.3 Å². The first-order valence-electron chi connectivity index (χ1n) is 5.97. The quantitative estimate of drug-likeness (QED) is 0.868. The van der Waals surface area contributed by atoms with Crippen molar-refractivity contribution in [2.45, 2.75) is 5.67 Å². The van der Waals surface area contributed by atoms with E-state index in [2.05, 4.69) is 4.98 Å². The fraction of sp³-hybridized carbons (Fsp3) is 0.133. The number of alkyl halides is 1. The molecule has 4 heteroatoms. The Morgan fingerprint density at radius 3 is 2.89 bits per heavy atom. The van der Waals surface area contributed by atoms with Gasteiger partial charge in [-0.25, -0.2) is 4.39 Å². The number of carboxylic acids is 1. The molecule has 0 saturated carbocycles. The highest BCUT2D eigenvalue weighted by molar-refractivity contribution is 5.86. The van der Waals surface area contributed by atoms with Gasteiger partial charge in [-0.1, -0.05) is 36.4 Å². The summed E-state index contributed by atoms with van der Waals surface area (Å²) in [6.45, 7) is 0. The molecule has 2 N–H and O–H groups in total. The first-order chi connectivity index (χ1) is 9.13. The average molecular weight is 257 g/mol. The Hall–Kier alpha value is -2.36. The van der Waals surface area contributed by atoms with E-state index in [-0.39, 0.29) is 0 Å². The van der Waals surface area contributed by atoms with Gasteiger partial charge in [0.1, 0.15) is 5.92 Å². The van der Waals surface area contributed by atoms with Crippen molar-refractivity contribution >= 4 is 16.9 Å². The minimum atomic E-state index is -2.03. The average Bonchev–Trinajstić information content (AvgIpc) is 2.83. The van der Waals surface area contributed by atoms with Crippen molar-refractivity contribution in [3.63, 3.8) is 0 Å². The number of carbonyl (C=O) groups is 1. The van der Waals surface area contributed by atoms with Crippen molar-refractivity contribution in [2.24, 2.45) is 5.92 Å². The number of aromatic amines is 1. The van der Waals surface area contributed by atoms with Crippen molar-refractivity contribution in [2.75, 3.05) is 0 Å². The monoisotopic (exact) mass is 257 g/mol. The summed E-state index contributed by atoms with van der Waals surface area (Å²) in [7, 11) is 0. The lowest BCUT2D eigenvalue weighted by molar-refractivity contribution is -0.144. The molecular formula is C15H12FNO2. The standard InChI is InChI=1S/C15H12FNO2/c16-15(8-4-3-6-11(15)14(18)19)12-9-17-13-7-2-1-5-10(12)13/h1-9,11,17H,(H,18,19). The van der Waals surface area contributed by atoms with Gasteiger partial charge in [0.05, 0.1) is 0 Å². The highest BCUT2D eigenvalue weighted by Gasteiger charge is 2.44. The molecule has 0 radical (unpaired) electrons. The van der Waals surface area contributed by atoms with E-state index < -0.39 is 17.6 Å². The number of hydrogen-bond acceptors (Lipinski definition) is 1. The summed E-state index contributed by atoms with van der Waals surface area (Å²) >= 11 is 0. The zero-order valence-electron chi connectivity index (χ0n) is 10.0. The van der Waals surface area contributed by atoms with Crippen LogP contribution >= 0.6 is 0 Å². The lowest BCUT2D eigenvalue weighted by Crippen LogP contribution is -2.34. The molecule has 0 saturated heterocycles. The molecule has 3 rings (SSSR count). The molecule has 1 heterocycles. The number of fused-ring (bicyclic) bond motifs is 1. The van der Waals surface area contributed by atoms with Crippen LogP contribution in [0.25, 0.3) is 10.9 Å². The number of aromatic nitrogens is 1. The first kappa shape index (κ1) is 11.7. The topological polar surface area (TPSA) is 53.1 Å². The van der Waals surface area contributed by atoms with Crippen molar-refractivity contribution < 1.29 is 14.3 Å². The van der Waals surface area contributed by atoms with Crippen molar-refractivity contribution in [1.29, 1.82) is 0 Å². The molecule has 1 aromatic heterocycles. The van der Waals surface area contributed by atoms with Gasteiger partial charge in [-0.2, -0.15) is 0 Å². The Bertz CT molecular complexity index is 701. The van der Waals surface area contributed by atoms with Gasteiger partial charge < -0.3 is 10.1 Å². The van der Waals surface area contributed by atoms with E-state index in [1.54, 1.807) is 30.5 Å². The molecule has 2 aromatic rings. The van der Waals surface area contributed by atoms with Crippen LogP contribution in [-0.4, -0.2) is 16.1 Å². The predicted octanol–water partition coefficient (Wildman–Crippen LogP) is 3.16. The third-order valence-corrected chi connectivity index (χ3v) is 3.47. The van der Waals surface area contributed by atoms with Gasteiger partial charge in [0.2, 0.25) is 0 Å². The van der Waals surface area contributed by atoms with Crippen molar-refractivity contribution in [3.8, 4) is 0 Å². The van der Waals surface area contributed by atoms with Crippen LogP contribution in [0.15, 0.2) is 54.8 Å². The van der Waals surface area contributed by atoms with Gasteiger partial charge in [-0.3, -0.25) is 4.79 Å². The van der Waals surface area contributed by atoms with Crippen LogP contribution in [0.1, 0.15) is 5.56 Å². The highest BCUT2D eigenvalue weighted by Crippen LogP contribution is 2.42. The smallest absolute Gasteiger partial charge is 0.314 e. The van der Waals surface area contributed by atoms with Gasteiger partial charge in [0.25, 0.3) is 0 Å². The fourth-order valence-electron chi connectivity index (χ4n) is 2.52.